The SMILES string of the molecule is CN(C)Cc1cc(OCc2ccccc2)no1.[LiH]. The first-order chi connectivity index (χ1) is 8.24. The third kappa shape index (κ3) is 4.58. The average Bonchev–Trinajstić information content (AvgIpc) is 2.75. The number of ether oxygens (including phenoxy) is 1. The summed E-state index contributed by atoms with van der Waals surface area (Å²) in [5.74, 6) is 1.34. The Morgan fingerprint density at radius 2 is 1.94 bits per heavy atom. The zero-order chi connectivity index (χ0) is 12.1. The van der Waals surface area contributed by atoms with Crippen molar-refractivity contribution in [2.45, 2.75) is 13.2 Å². The van der Waals surface area contributed by atoms with Crippen molar-refractivity contribution < 1.29 is 9.26 Å². The summed E-state index contributed by atoms with van der Waals surface area (Å²) < 4.78 is 10.7. The second-order valence-corrected chi connectivity index (χ2v) is 4.14. The number of aromatic nitrogens is 1. The van der Waals surface area contributed by atoms with Gasteiger partial charge in [-0.2, -0.15) is 0 Å². The fraction of sp³-hybridized carbons (Fsp3) is 0.308. The minimum absolute atomic E-state index is 0. The molecule has 92 valence electrons. The van der Waals surface area contributed by atoms with Gasteiger partial charge in [-0.05, 0) is 24.8 Å². The van der Waals surface area contributed by atoms with Crippen molar-refractivity contribution in [1.29, 1.82) is 0 Å². The van der Waals surface area contributed by atoms with E-state index in [0.717, 1.165) is 17.9 Å². The van der Waals surface area contributed by atoms with Crippen LogP contribution in [0.2, 0.25) is 0 Å². The number of nitrogens with zero attached hydrogens (tertiary/aromatic N) is 2. The molecular formula is C13H17LiN2O2. The van der Waals surface area contributed by atoms with Crippen molar-refractivity contribution >= 4 is 18.9 Å². The van der Waals surface area contributed by atoms with E-state index in [0.29, 0.717) is 12.5 Å². The van der Waals surface area contributed by atoms with Crippen LogP contribution in [0.25, 0.3) is 0 Å². The van der Waals surface area contributed by atoms with Crippen molar-refractivity contribution in [3.63, 3.8) is 0 Å². The van der Waals surface area contributed by atoms with Crippen LogP contribution in [0.4, 0.5) is 0 Å². The first-order valence-electron chi connectivity index (χ1n) is 5.51. The molecule has 1 heterocycles. The summed E-state index contributed by atoms with van der Waals surface area (Å²) in [6.45, 7) is 1.23. The van der Waals surface area contributed by atoms with Crippen LogP contribution >= 0.6 is 0 Å². The van der Waals surface area contributed by atoms with E-state index in [4.69, 9.17) is 9.26 Å². The van der Waals surface area contributed by atoms with Gasteiger partial charge >= 0.3 is 18.9 Å². The fourth-order valence-electron chi connectivity index (χ4n) is 1.48. The van der Waals surface area contributed by atoms with E-state index < -0.39 is 0 Å². The molecule has 1 aromatic carbocycles. The molecule has 0 aliphatic heterocycles. The van der Waals surface area contributed by atoms with Gasteiger partial charge in [0.25, 0.3) is 5.88 Å². The van der Waals surface area contributed by atoms with Gasteiger partial charge in [-0.25, -0.2) is 0 Å². The summed E-state index contributed by atoms with van der Waals surface area (Å²) in [6.07, 6.45) is 0. The predicted molar refractivity (Wildman–Crippen MR) is 71.8 cm³/mol. The molecule has 0 spiro atoms. The van der Waals surface area contributed by atoms with Crippen LogP contribution in [0.1, 0.15) is 11.3 Å². The molecule has 18 heavy (non-hydrogen) atoms. The zero-order valence-corrected chi connectivity index (χ0v) is 10.1. The van der Waals surface area contributed by atoms with Crippen LogP contribution in [0.3, 0.4) is 0 Å². The molecule has 0 N–H and O–H groups in total. The van der Waals surface area contributed by atoms with E-state index in [9.17, 15) is 0 Å². The summed E-state index contributed by atoms with van der Waals surface area (Å²) in [6, 6.07) is 11.8. The fourth-order valence-corrected chi connectivity index (χ4v) is 1.48. The van der Waals surface area contributed by atoms with E-state index >= 15 is 0 Å². The first kappa shape index (κ1) is 14.8. The maximum absolute atomic E-state index is 5.53. The molecule has 1 aromatic heterocycles. The van der Waals surface area contributed by atoms with Crippen molar-refractivity contribution in [1.82, 2.24) is 10.1 Å². The van der Waals surface area contributed by atoms with Gasteiger partial charge in [0.15, 0.2) is 5.76 Å². The molecule has 0 unspecified atom stereocenters. The Hall–Kier alpha value is -1.21. The zero-order valence-electron chi connectivity index (χ0n) is 10.1. The van der Waals surface area contributed by atoms with Gasteiger partial charge in [-0.3, -0.25) is 0 Å². The Balaban J connectivity index is 0.00000162. The second kappa shape index (κ2) is 7.27. The summed E-state index contributed by atoms with van der Waals surface area (Å²) in [7, 11) is 3.96. The van der Waals surface area contributed by atoms with Gasteiger partial charge in [0.05, 0.1) is 6.54 Å². The van der Waals surface area contributed by atoms with Gasteiger partial charge in [0.2, 0.25) is 0 Å². The summed E-state index contributed by atoms with van der Waals surface area (Å²) in [5, 5.41) is 3.86. The van der Waals surface area contributed by atoms with Gasteiger partial charge < -0.3 is 14.2 Å². The molecule has 0 saturated carbocycles. The quantitative estimate of drug-likeness (QED) is 0.745. The predicted octanol–water partition coefficient (Wildman–Crippen LogP) is 1.67. The first-order valence-corrected chi connectivity index (χ1v) is 5.51. The number of hydrogen-bond acceptors (Lipinski definition) is 4. The Morgan fingerprint density at radius 1 is 1.22 bits per heavy atom. The molecule has 0 fully saturated rings. The molecule has 0 aliphatic rings. The molecule has 2 aromatic rings. The normalized spacial score (nSPS) is 10.2. The van der Waals surface area contributed by atoms with Crippen molar-refractivity contribution in [2.75, 3.05) is 14.1 Å². The van der Waals surface area contributed by atoms with Crippen LogP contribution in [0.15, 0.2) is 40.9 Å². The number of rotatable bonds is 5. The standard InChI is InChI=1S/C13H16N2O2.Li.H/c1-15(2)9-12-8-13(14-17-12)16-10-11-6-4-3-5-7-11;;/h3-8H,9-10H2,1-2H3;;. The summed E-state index contributed by atoms with van der Waals surface area (Å²) in [5.41, 5.74) is 1.12. The van der Waals surface area contributed by atoms with Crippen LogP contribution in [-0.4, -0.2) is 43.0 Å². The van der Waals surface area contributed by atoms with Gasteiger partial charge in [0, 0.05) is 6.07 Å². The van der Waals surface area contributed by atoms with E-state index in [1.54, 1.807) is 0 Å². The van der Waals surface area contributed by atoms with E-state index in [1.807, 2.05) is 55.4 Å². The molecule has 4 nitrogen and oxygen atoms in total. The molecule has 0 radical (unpaired) electrons. The molecular weight excluding hydrogens is 223 g/mol. The number of hydrogen-bond donors (Lipinski definition) is 0. The van der Waals surface area contributed by atoms with E-state index in [1.165, 1.54) is 0 Å². The minimum atomic E-state index is 0. The second-order valence-electron chi connectivity index (χ2n) is 4.14. The topological polar surface area (TPSA) is 38.5 Å². The third-order valence-electron chi connectivity index (χ3n) is 2.24. The van der Waals surface area contributed by atoms with Crippen LogP contribution in [0, 0.1) is 0 Å². The van der Waals surface area contributed by atoms with Crippen LogP contribution < -0.4 is 4.74 Å². The van der Waals surface area contributed by atoms with Gasteiger partial charge in [-0.1, -0.05) is 30.3 Å². The molecule has 0 saturated heterocycles. The molecule has 2 rings (SSSR count). The maximum atomic E-state index is 5.53. The molecule has 0 amide bonds. The summed E-state index contributed by atoms with van der Waals surface area (Å²) >= 11 is 0. The van der Waals surface area contributed by atoms with Crippen molar-refractivity contribution in [2.24, 2.45) is 0 Å². The van der Waals surface area contributed by atoms with E-state index in [2.05, 4.69) is 5.16 Å². The van der Waals surface area contributed by atoms with Crippen molar-refractivity contribution in [3.8, 4) is 5.88 Å². The third-order valence-corrected chi connectivity index (χ3v) is 2.24. The number of benzene rings is 1. The monoisotopic (exact) mass is 240 g/mol. The average molecular weight is 240 g/mol. The Morgan fingerprint density at radius 3 is 2.61 bits per heavy atom. The Kier molecular flexibility index (Phi) is 6.00. The summed E-state index contributed by atoms with van der Waals surface area (Å²) in [4.78, 5) is 2.02. The Labute approximate surface area is 119 Å². The van der Waals surface area contributed by atoms with Gasteiger partial charge in [-0.15, -0.1) is 0 Å². The molecule has 0 atom stereocenters. The van der Waals surface area contributed by atoms with Crippen LogP contribution in [-0.2, 0) is 13.2 Å². The van der Waals surface area contributed by atoms with Gasteiger partial charge in [0.1, 0.15) is 6.61 Å². The molecule has 5 heteroatoms. The van der Waals surface area contributed by atoms with Crippen molar-refractivity contribution in [3.05, 3.63) is 47.7 Å². The Bertz CT molecular complexity index is 457. The van der Waals surface area contributed by atoms with Crippen LogP contribution in [0.5, 0.6) is 5.88 Å². The molecule has 0 aliphatic carbocycles. The van der Waals surface area contributed by atoms with E-state index in [-0.39, 0.29) is 18.9 Å². The molecule has 0 bridgehead atoms.